The van der Waals surface area contributed by atoms with Crippen LogP contribution in [0.25, 0.3) is 11.3 Å². The van der Waals surface area contributed by atoms with Gasteiger partial charge in [0.25, 0.3) is 0 Å². The number of carbonyl (C=O) groups is 1. The number of nitrogens with zero attached hydrogens (tertiary/aromatic N) is 5. The fourth-order valence-electron chi connectivity index (χ4n) is 4.47. The number of carbonyl (C=O) groups excluding carboxylic acids is 1. The number of rotatable bonds is 3. The van der Waals surface area contributed by atoms with Gasteiger partial charge in [-0.25, -0.2) is 15.0 Å². The van der Waals surface area contributed by atoms with E-state index in [0.717, 1.165) is 54.4 Å². The molecule has 0 spiro atoms. The highest BCUT2D eigenvalue weighted by Gasteiger charge is 2.30. The van der Waals surface area contributed by atoms with E-state index in [4.69, 9.17) is 4.98 Å². The molecule has 1 atom stereocenters. The maximum Gasteiger partial charge on any atom is 0.230 e. The van der Waals surface area contributed by atoms with Crippen LogP contribution in [0.2, 0.25) is 0 Å². The summed E-state index contributed by atoms with van der Waals surface area (Å²) in [5.41, 5.74) is 4.37. The van der Waals surface area contributed by atoms with Gasteiger partial charge in [-0.1, -0.05) is 12.1 Å². The van der Waals surface area contributed by atoms with E-state index < -0.39 is 0 Å². The lowest BCUT2D eigenvalue weighted by molar-refractivity contribution is -0.115. The fourth-order valence-corrected chi connectivity index (χ4v) is 4.65. The molecule has 1 fully saturated rings. The number of aryl methyl sites for hydroxylation is 2. The van der Waals surface area contributed by atoms with Gasteiger partial charge in [-0.05, 0) is 36.7 Å². The monoisotopic (exact) mass is 420 g/mol. The first-order valence-corrected chi connectivity index (χ1v) is 10.9. The highest BCUT2D eigenvalue weighted by atomic mass is 31.0. The van der Waals surface area contributed by atoms with Crippen molar-refractivity contribution < 1.29 is 4.79 Å². The van der Waals surface area contributed by atoms with E-state index in [2.05, 4.69) is 72.4 Å². The molecule has 1 saturated heterocycles. The minimum absolute atomic E-state index is 0.00730. The van der Waals surface area contributed by atoms with Gasteiger partial charge in [-0.2, -0.15) is 0 Å². The van der Waals surface area contributed by atoms with Crippen LogP contribution in [0.4, 0.5) is 11.6 Å². The number of imidazole rings is 1. The number of nitrogens with one attached hydrogen (secondary N) is 1. The zero-order chi connectivity index (χ0) is 20.8. The fraction of sp³-hybridized carbons (Fsp3) is 0.364. The number of piperidine rings is 1. The molecule has 7 nitrogen and oxygen atoms in total. The maximum atomic E-state index is 11.8. The molecule has 30 heavy (non-hydrogen) atoms. The first kappa shape index (κ1) is 19.2. The number of amides is 1. The quantitative estimate of drug-likeness (QED) is 0.659. The first-order valence-electron chi connectivity index (χ1n) is 10.3. The molecule has 0 saturated carbocycles. The van der Waals surface area contributed by atoms with Gasteiger partial charge in [-0.15, -0.1) is 9.24 Å². The standard InChI is InChI=1S/C22H25N6OP/c1-13-9-15(3-4-18(13)30)17-11-27(2)21(25-17)14-5-7-28(8-6-14)22-16-10-19(29)26-20(16)23-12-24-22/h3-4,9,11-12,14H,5-8,10,30H2,1-2H3,(H,23,24,26,29). The van der Waals surface area contributed by atoms with E-state index in [1.807, 2.05) is 0 Å². The third kappa shape index (κ3) is 3.37. The van der Waals surface area contributed by atoms with Gasteiger partial charge in [0.1, 0.15) is 23.8 Å². The Morgan fingerprint density at radius 1 is 1.20 bits per heavy atom. The molecule has 1 N–H and O–H groups in total. The van der Waals surface area contributed by atoms with E-state index in [1.165, 1.54) is 10.9 Å². The van der Waals surface area contributed by atoms with Crippen molar-refractivity contribution in [3.8, 4) is 11.3 Å². The Balaban J connectivity index is 1.33. The Labute approximate surface area is 178 Å². The average Bonchev–Trinajstić information content (AvgIpc) is 3.32. The zero-order valence-electron chi connectivity index (χ0n) is 17.2. The SMILES string of the molecule is Cc1cc(-c2cn(C)c(C3CCN(c4ncnc5c4CC(=O)N5)CC3)n2)ccc1P. The van der Waals surface area contributed by atoms with Crippen LogP contribution in [-0.2, 0) is 18.3 Å². The van der Waals surface area contributed by atoms with Crippen LogP contribution in [0.15, 0.2) is 30.7 Å². The van der Waals surface area contributed by atoms with Gasteiger partial charge < -0.3 is 14.8 Å². The first-order chi connectivity index (χ1) is 14.5. The van der Waals surface area contributed by atoms with E-state index >= 15 is 0 Å². The minimum Gasteiger partial charge on any atom is -0.356 e. The van der Waals surface area contributed by atoms with Crippen LogP contribution in [0, 0.1) is 6.92 Å². The molecule has 2 aliphatic rings. The molecule has 8 heteroatoms. The third-order valence-corrected chi connectivity index (χ3v) is 6.80. The van der Waals surface area contributed by atoms with Crippen LogP contribution < -0.4 is 15.5 Å². The molecular formula is C22H25N6OP. The molecular weight excluding hydrogens is 395 g/mol. The van der Waals surface area contributed by atoms with Crippen LogP contribution >= 0.6 is 9.24 Å². The second-order valence-corrected chi connectivity index (χ2v) is 8.80. The summed E-state index contributed by atoms with van der Waals surface area (Å²) in [6.07, 6.45) is 6.05. The lowest BCUT2D eigenvalue weighted by Gasteiger charge is -2.33. The number of hydrogen-bond acceptors (Lipinski definition) is 5. The maximum absolute atomic E-state index is 11.8. The highest BCUT2D eigenvalue weighted by molar-refractivity contribution is 7.27. The summed E-state index contributed by atoms with van der Waals surface area (Å²) in [4.78, 5) is 27.7. The van der Waals surface area contributed by atoms with Crippen LogP contribution in [-0.4, -0.2) is 38.5 Å². The molecule has 4 heterocycles. The summed E-state index contributed by atoms with van der Waals surface area (Å²) >= 11 is 0. The second kappa shape index (κ2) is 7.47. The van der Waals surface area contributed by atoms with Crippen molar-refractivity contribution in [3.05, 3.63) is 47.7 Å². The summed E-state index contributed by atoms with van der Waals surface area (Å²) in [5.74, 6) is 3.10. The number of benzene rings is 1. The van der Waals surface area contributed by atoms with Gasteiger partial charge in [0.05, 0.1) is 12.1 Å². The zero-order valence-corrected chi connectivity index (χ0v) is 18.4. The number of hydrogen-bond donors (Lipinski definition) is 1. The molecule has 0 radical (unpaired) electrons. The van der Waals surface area contributed by atoms with Crippen molar-refractivity contribution in [1.29, 1.82) is 0 Å². The van der Waals surface area contributed by atoms with Crippen molar-refractivity contribution in [2.75, 3.05) is 23.3 Å². The van der Waals surface area contributed by atoms with E-state index in [1.54, 1.807) is 6.33 Å². The molecule has 1 unspecified atom stereocenters. The molecule has 1 amide bonds. The molecule has 2 aliphatic heterocycles. The Morgan fingerprint density at radius 2 is 2.00 bits per heavy atom. The van der Waals surface area contributed by atoms with E-state index in [9.17, 15) is 4.79 Å². The second-order valence-electron chi connectivity index (χ2n) is 8.18. The van der Waals surface area contributed by atoms with E-state index in [-0.39, 0.29) is 5.91 Å². The topological polar surface area (TPSA) is 75.9 Å². The molecule has 2 aromatic heterocycles. The molecule has 0 aliphatic carbocycles. The minimum atomic E-state index is -0.00730. The van der Waals surface area contributed by atoms with Crippen molar-refractivity contribution >= 4 is 32.1 Å². The summed E-state index contributed by atoms with van der Waals surface area (Å²) in [7, 11) is 4.86. The van der Waals surface area contributed by atoms with Crippen molar-refractivity contribution in [2.24, 2.45) is 7.05 Å². The Kier molecular flexibility index (Phi) is 4.78. The van der Waals surface area contributed by atoms with Crippen molar-refractivity contribution in [2.45, 2.75) is 32.1 Å². The molecule has 1 aromatic carbocycles. The number of anilines is 2. The smallest absolute Gasteiger partial charge is 0.230 e. The third-order valence-electron chi connectivity index (χ3n) is 6.16. The largest absolute Gasteiger partial charge is 0.356 e. The van der Waals surface area contributed by atoms with Gasteiger partial charge in [-0.3, -0.25) is 4.79 Å². The average molecular weight is 420 g/mol. The number of fused-ring (bicyclic) bond motifs is 1. The van der Waals surface area contributed by atoms with Gasteiger partial charge in [0.15, 0.2) is 0 Å². The Morgan fingerprint density at radius 3 is 2.77 bits per heavy atom. The van der Waals surface area contributed by atoms with Gasteiger partial charge >= 0.3 is 0 Å². The summed E-state index contributed by atoms with van der Waals surface area (Å²) in [6, 6.07) is 6.46. The van der Waals surface area contributed by atoms with Gasteiger partial charge in [0, 0.05) is 43.4 Å². The summed E-state index contributed by atoms with van der Waals surface area (Å²) < 4.78 is 2.17. The Hall–Kier alpha value is -2.79. The molecule has 5 rings (SSSR count). The lowest BCUT2D eigenvalue weighted by atomic mass is 9.95. The van der Waals surface area contributed by atoms with Gasteiger partial charge in [0.2, 0.25) is 5.91 Å². The molecule has 154 valence electrons. The lowest BCUT2D eigenvalue weighted by Crippen LogP contribution is -2.34. The predicted octanol–water partition coefficient (Wildman–Crippen LogP) is 2.56. The highest BCUT2D eigenvalue weighted by Crippen LogP contribution is 2.34. The van der Waals surface area contributed by atoms with Crippen LogP contribution in [0.3, 0.4) is 0 Å². The number of aromatic nitrogens is 4. The summed E-state index contributed by atoms with van der Waals surface area (Å²) in [6.45, 7) is 3.91. The predicted molar refractivity (Wildman–Crippen MR) is 121 cm³/mol. The molecule has 3 aromatic rings. The van der Waals surface area contributed by atoms with E-state index in [0.29, 0.717) is 18.2 Å². The van der Waals surface area contributed by atoms with Crippen molar-refractivity contribution in [3.63, 3.8) is 0 Å². The van der Waals surface area contributed by atoms with Crippen LogP contribution in [0.1, 0.15) is 35.7 Å². The van der Waals surface area contributed by atoms with Crippen molar-refractivity contribution in [1.82, 2.24) is 19.5 Å². The summed E-state index contributed by atoms with van der Waals surface area (Å²) in [5, 5.41) is 4.03. The van der Waals surface area contributed by atoms with Crippen LogP contribution in [0.5, 0.6) is 0 Å². The Bertz CT molecular complexity index is 1130. The normalized spacial score (nSPS) is 16.6. The molecule has 0 bridgehead atoms.